The fourth-order valence-corrected chi connectivity index (χ4v) is 3.68. The van der Waals surface area contributed by atoms with Crippen LogP contribution in [-0.4, -0.2) is 78.2 Å². The molecule has 1 aromatic heterocycles. The third-order valence-corrected chi connectivity index (χ3v) is 5.18. The molecule has 2 aliphatic rings. The molecule has 1 unspecified atom stereocenters. The number of hydrogen-bond acceptors (Lipinski definition) is 7. The molecule has 2 fully saturated rings. The van der Waals surface area contributed by atoms with Gasteiger partial charge in [0.25, 0.3) is 5.91 Å². The Balaban J connectivity index is 1.73. The molecule has 2 aliphatic heterocycles. The van der Waals surface area contributed by atoms with Crippen LogP contribution in [0.2, 0.25) is 0 Å². The van der Waals surface area contributed by atoms with Crippen molar-refractivity contribution in [1.82, 2.24) is 14.8 Å². The van der Waals surface area contributed by atoms with Crippen molar-refractivity contribution in [2.75, 3.05) is 56.9 Å². The number of aliphatic hydroxyl groups is 1. The molecule has 8 heteroatoms. The molecule has 7 nitrogen and oxygen atoms in total. The molecule has 116 valence electrons. The topological polar surface area (TPSA) is 85.9 Å². The second-order valence-electron chi connectivity index (χ2n) is 5.69. The van der Waals surface area contributed by atoms with Gasteiger partial charge in [0.15, 0.2) is 5.13 Å². The number of nitrogens with zero attached hydrogens (tertiary/aromatic N) is 4. The molecule has 0 aromatic carbocycles. The molecule has 2 saturated heterocycles. The second-order valence-corrected chi connectivity index (χ2v) is 6.67. The first-order chi connectivity index (χ1) is 10.0. The smallest absolute Gasteiger partial charge is 0.267 e. The quantitative estimate of drug-likeness (QED) is 0.779. The SMILES string of the molecule is CN1CCN(c2nc(N)c(C(=O)N3CCC(O)C3)s2)CC1. The minimum absolute atomic E-state index is 0.109. The van der Waals surface area contributed by atoms with Crippen LogP contribution in [0, 0.1) is 0 Å². The third-order valence-electron chi connectivity index (χ3n) is 4.06. The van der Waals surface area contributed by atoms with E-state index in [0.29, 0.717) is 30.2 Å². The number of carbonyl (C=O) groups excluding carboxylic acids is 1. The van der Waals surface area contributed by atoms with Gasteiger partial charge in [-0.25, -0.2) is 4.98 Å². The average molecular weight is 311 g/mol. The molecule has 3 heterocycles. The van der Waals surface area contributed by atoms with Crippen LogP contribution in [0.1, 0.15) is 16.1 Å². The highest BCUT2D eigenvalue weighted by molar-refractivity contribution is 7.18. The number of piperazine rings is 1. The molecular weight excluding hydrogens is 290 g/mol. The lowest BCUT2D eigenvalue weighted by Gasteiger charge is -2.32. The van der Waals surface area contributed by atoms with Gasteiger partial charge in [-0.1, -0.05) is 11.3 Å². The van der Waals surface area contributed by atoms with Gasteiger partial charge in [-0.3, -0.25) is 4.79 Å². The van der Waals surface area contributed by atoms with Crippen LogP contribution in [0.15, 0.2) is 0 Å². The predicted molar refractivity (Wildman–Crippen MR) is 82.8 cm³/mol. The van der Waals surface area contributed by atoms with E-state index in [4.69, 9.17) is 5.73 Å². The molecule has 3 N–H and O–H groups in total. The van der Waals surface area contributed by atoms with Crippen LogP contribution in [-0.2, 0) is 0 Å². The molecule has 21 heavy (non-hydrogen) atoms. The van der Waals surface area contributed by atoms with Crippen molar-refractivity contribution in [1.29, 1.82) is 0 Å². The number of thiazole rings is 1. The fourth-order valence-electron chi connectivity index (χ4n) is 2.68. The zero-order valence-corrected chi connectivity index (χ0v) is 13.0. The van der Waals surface area contributed by atoms with E-state index in [1.807, 2.05) is 0 Å². The van der Waals surface area contributed by atoms with Crippen molar-refractivity contribution < 1.29 is 9.90 Å². The number of aromatic nitrogens is 1. The van der Waals surface area contributed by atoms with E-state index >= 15 is 0 Å². The Hall–Kier alpha value is -1.38. The van der Waals surface area contributed by atoms with Crippen LogP contribution < -0.4 is 10.6 Å². The van der Waals surface area contributed by atoms with Crippen molar-refractivity contribution in [3.8, 4) is 0 Å². The lowest BCUT2D eigenvalue weighted by molar-refractivity contribution is 0.0770. The molecular formula is C13H21N5O2S. The van der Waals surface area contributed by atoms with Gasteiger partial charge in [0.1, 0.15) is 10.7 Å². The van der Waals surface area contributed by atoms with Gasteiger partial charge in [0.2, 0.25) is 0 Å². The highest BCUT2D eigenvalue weighted by atomic mass is 32.1. The Morgan fingerprint density at radius 3 is 2.67 bits per heavy atom. The molecule has 0 radical (unpaired) electrons. The van der Waals surface area contributed by atoms with Gasteiger partial charge in [-0.2, -0.15) is 0 Å². The number of hydrogen-bond donors (Lipinski definition) is 2. The zero-order valence-electron chi connectivity index (χ0n) is 12.2. The monoisotopic (exact) mass is 311 g/mol. The minimum atomic E-state index is -0.416. The Morgan fingerprint density at radius 1 is 1.33 bits per heavy atom. The number of likely N-dealkylation sites (tertiary alicyclic amines) is 1. The number of rotatable bonds is 2. The first-order valence-electron chi connectivity index (χ1n) is 7.21. The summed E-state index contributed by atoms with van der Waals surface area (Å²) in [7, 11) is 2.10. The van der Waals surface area contributed by atoms with Crippen LogP contribution >= 0.6 is 11.3 Å². The Morgan fingerprint density at radius 2 is 2.05 bits per heavy atom. The number of nitrogen functional groups attached to an aromatic ring is 1. The van der Waals surface area contributed by atoms with E-state index in [1.54, 1.807) is 4.90 Å². The van der Waals surface area contributed by atoms with Crippen molar-refractivity contribution in [3.05, 3.63) is 4.88 Å². The van der Waals surface area contributed by atoms with Crippen LogP contribution in [0.4, 0.5) is 10.9 Å². The summed E-state index contributed by atoms with van der Waals surface area (Å²) >= 11 is 1.36. The first-order valence-corrected chi connectivity index (χ1v) is 8.03. The number of amides is 1. The lowest BCUT2D eigenvalue weighted by atomic mass is 10.3. The van der Waals surface area contributed by atoms with E-state index in [9.17, 15) is 9.90 Å². The van der Waals surface area contributed by atoms with Crippen molar-refractivity contribution in [3.63, 3.8) is 0 Å². The molecule has 1 atom stereocenters. The lowest BCUT2D eigenvalue weighted by Crippen LogP contribution is -2.44. The number of nitrogens with two attached hydrogens (primary N) is 1. The van der Waals surface area contributed by atoms with Crippen molar-refractivity contribution in [2.45, 2.75) is 12.5 Å². The summed E-state index contributed by atoms with van der Waals surface area (Å²) in [4.78, 5) is 23.4. The standard InChI is InChI=1S/C13H21N5O2S/c1-16-4-6-17(7-5-16)13-15-11(14)10(21-13)12(20)18-3-2-9(19)8-18/h9,19H,2-8,14H2,1H3. The normalized spacial score (nSPS) is 23.8. The first kappa shape index (κ1) is 14.6. The molecule has 0 aliphatic carbocycles. The number of anilines is 2. The van der Waals surface area contributed by atoms with Crippen LogP contribution in [0.3, 0.4) is 0 Å². The highest BCUT2D eigenvalue weighted by Crippen LogP contribution is 2.30. The van der Waals surface area contributed by atoms with Crippen LogP contribution in [0.25, 0.3) is 0 Å². The Labute approximate surface area is 128 Å². The molecule has 0 saturated carbocycles. The van der Waals surface area contributed by atoms with Gasteiger partial charge in [-0.15, -0.1) is 0 Å². The highest BCUT2D eigenvalue weighted by Gasteiger charge is 2.29. The van der Waals surface area contributed by atoms with Gasteiger partial charge < -0.3 is 25.5 Å². The maximum absolute atomic E-state index is 12.4. The maximum atomic E-state index is 12.4. The summed E-state index contributed by atoms with van der Waals surface area (Å²) in [6.07, 6.45) is 0.218. The molecule has 0 bridgehead atoms. The van der Waals surface area contributed by atoms with Crippen molar-refractivity contribution >= 4 is 28.2 Å². The fraction of sp³-hybridized carbons (Fsp3) is 0.692. The molecule has 1 amide bonds. The van der Waals surface area contributed by atoms with Crippen molar-refractivity contribution in [2.24, 2.45) is 0 Å². The number of likely N-dealkylation sites (N-methyl/N-ethyl adjacent to an activating group) is 1. The summed E-state index contributed by atoms with van der Waals surface area (Å²) in [5, 5.41) is 10.4. The molecule has 3 rings (SSSR count). The summed E-state index contributed by atoms with van der Waals surface area (Å²) in [6, 6.07) is 0. The van der Waals surface area contributed by atoms with Gasteiger partial charge in [0, 0.05) is 39.3 Å². The van der Waals surface area contributed by atoms with Crippen LogP contribution in [0.5, 0.6) is 0 Å². The molecule has 0 spiro atoms. The average Bonchev–Trinajstić information content (AvgIpc) is 3.05. The number of β-amino-alcohol motifs (C(OH)–C–C–N with tert-alkyl or cyclic N) is 1. The summed E-state index contributed by atoms with van der Waals surface area (Å²) < 4.78 is 0. The van der Waals surface area contributed by atoms with E-state index in [-0.39, 0.29) is 5.91 Å². The number of aliphatic hydroxyl groups excluding tert-OH is 1. The largest absolute Gasteiger partial charge is 0.391 e. The third kappa shape index (κ3) is 2.97. The Kier molecular flexibility index (Phi) is 4.01. The minimum Gasteiger partial charge on any atom is -0.391 e. The van der Waals surface area contributed by atoms with E-state index in [1.165, 1.54) is 11.3 Å². The predicted octanol–water partition coefficient (Wildman–Crippen LogP) is -0.316. The second kappa shape index (κ2) is 5.78. The summed E-state index contributed by atoms with van der Waals surface area (Å²) in [5.41, 5.74) is 5.93. The molecule has 1 aromatic rings. The maximum Gasteiger partial charge on any atom is 0.267 e. The zero-order chi connectivity index (χ0) is 15.0. The summed E-state index contributed by atoms with van der Waals surface area (Å²) in [6.45, 7) is 4.75. The van der Waals surface area contributed by atoms with E-state index < -0.39 is 6.10 Å². The van der Waals surface area contributed by atoms with E-state index in [2.05, 4.69) is 21.8 Å². The van der Waals surface area contributed by atoms with E-state index in [0.717, 1.165) is 31.3 Å². The van der Waals surface area contributed by atoms with Gasteiger partial charge in [-0.05, 0) is 13.5 Å². The number of carbonyl (C=O) groups is 1. The Bertz CT molecular complexity index is 527. The summed E-state index contributed by atoms with van der Waals surface area (Å²) in [5.74, 6) is 0.197. The van der Waals surface area contributed by atoms with Gasteiger partial charge >= 0.3 is 0 Å². The van der Waals surface area contributed by atoms with Gasteiger partial charge in [0.05, 0.1) is 6.10 Å².